The summed E-state index contributed by atoms with van der Waals surface area (Å²) in [4.78, 5) is 14.2. The van der Waals surface area contributed by atoms with Crippen molar-refractivity contribution in [3.05, 3.63) is 29.8 Å². The van der Waals surface area contributed by atoms with E-state index in [0.717, 1.165) is 23.1 Å². The fourth-order valence-corrected chi connectivity index (χ4v) is 2.64. The number of carbonyl (C=O) groups excluding carboxylic acids is 1. The molecular formula is C14H21N3O4S. The van der Waals surface area contributed by atoms with Gasteiger partial charge in [0.1, 0.15) is 0 Å². The molecule has 0 aliphatic carbocycles. The Kier molecular flexibility index (Phi) is 5.52. The zero-order chi connectivity index (χ0) is 16.2. The number of anilines is 1. The minimum atomic E-state index is -3.59. The summed E-state index contributed by atoms with van der Waals surface area (Å²) in [5.41, 5.74) is 1.52. The molecule has 22 heavy (non-hydrogen) atoms. The van der Waals surface area contributed by atoms with Crippen LogP contribution in [0.1, 0.15) is 10.4 Å². The maximum absolute atomic E-state index is 12.0. The summed E-state index contributed by atoms with van der Waals surface area (Å²) in [6, 6.07) is 7.19. The molecule has 0 spiro atoms. The molecule has 1 aromatic carbocycles. The SMILES string of the molecule is CN(C)S(=O)(=O)NCC(=O)c1ccc(N2CCOCC2)cc1. The first-order valence-corrected chi connectivity index (χ1v) is 8.47. The number of ether oxygens (including phenoxy) is 1. The number of Topliss-reactive ketones (excluding diaryl/α,β-unsaturated/α-hetero) is 1. The van der Waals surface area contributed by atoms with Gasteiger partial charge < -0.3 is 9.64 Å². The second kappa shape index (κ2) is 7.19. The van der Waals surface area contributed by atoms with Crippen molar-refractivity contribution in [2.45, 2.75) is 0 Å². The fraction of sp³-hybridized carbons (Fsp3) is 0.500. The van der Waals surface area contributed by atoms with Crippen LogP contribution in [0.3, 0.4) is 0 Å². The highest BCUT2D eigenvalue weighted by atomic mass is 32.2. The number of hydrogen-bond donors (Lipinski definition) is 1. The number of benzene rings is 1. The van der Waals surface area contributed by atoms with Gasteiger partial charge in [0.15, 0.2) is 5.78 Å². The van der Waals surface area contributed by atoms with E-state index in [9.17, 15) is 13.2 Å². The Morgan fingerprint density at radius 2 is 1.82 bits per heavy atom. The van der Waals surface area contributed by atoms with Gasteiger partial charge in [-0.05, 0) is 24.3 Å². The Morgan fingerprint density at radius 1 is 1.23 bits per heavy atom. The van der Waals surface area contributed by atoms with Crippen LogP contribution in [0.4, 0.5) is 5.69 Å². The Labute approximate surface area is 131 Å². The number of hydrogen-bond acceptors (Lipinski definition) is 5. The van der Waals surface area contributed by atoms with Crippen molar-refractivity contribution in [2.75, 3.05) is 51.8 Å². The third-order valence-corrected chi connectivity index (χ3v) is 4.93. The molecule has 0 aromatic heterocycles. The molecule has 2 rings (SSSR count). The van der Waals surface area contributed by atoms with Gasteiger partial charge in [-0.1, -0.05) is 0 Å². The molecule has 122 valence electrons. The zero-order valence-corrected chi connectivity index (χ0v) is 13.6. The van der Waals surface area contributed by atoms with E-state index in [4.69, 9.17) is 4.74 Å². The molecule has 0 saturated carbocycles. The Hall–Kier alpha value is -1.48. The van der Waals surface area contributed by atoms with Crippen molar-refractivity contribution in [2.24, 2.45) is 0 Å². The average Bonchev–Trinajstić information content (AvgIpc) is 2.53. The lowest BCUT2D eigenvalue weighted by atomic mass is 10.1. The van der Waals surface area contributed by atoms with Crippen molar-refractivity contribution in [3.63, 3.8) is 0 Å². The van der Waals surface area contributed by atoms with Gasteiger partial charge in [0.2, 0.25) is 0 Å². The van der Waals surface area contributed by atoms with Crippen LogP contribution in [-0.4, -0.2) is 65.4 Å². The van der Waals surface area contributed by atoms with E-state index in [1.165, 1.54) is 14.1 Å². The molecule has 0 radical (unpaired) electrons. The number of ketones is 1. The highest BCUT2D eigenvalue weighted by molar-refractivity contribution is 7.87. The molecule has 1 aliphatic rings. The Bertz CT molecular complexity index is 607. The lowest BCUT2D eigenvalue weighted by molar-refractivity contribution is 0.0996. The molecule has 1 aliphatic heterocycles. The van der Waals surface area contributed by atoms with Crippen LogP contribution in [0.5, 0.6) is 0 Å². The van der Waals surface area contributed by atoms with Crippen LogP contribution in [-0.2, 0) is 14.9 Å². The summed E-state index contributed by atoms with van der Waals surface area (Å²) in [6.45, 7) is 2.81. The molecule has 1 heterocycles. The van der Waals surface area contributed by atoms with Gasteiger partial charge in [-0.15, -0.1) is 0 Å². The van der Waals surface area contributed by atoms with Gasteiger partial charge in [0.25, 0.3) is 10.2 Å². The molecular weight excluding hydrogens is 306 g/mol. The first kappa shape index (κ1) is 16.9. The van der Waals surface area contributed by atoms with Crippen LogP contribution < -0.4 is 9.62 Å². The van der Waals surface area contributed by atoms with Crippen molar-refractivity contribution in [1.29, 1.82) is 0 Å². The Morgan fingerprint density at radius 3 is 2.36 bits per heavy atom. The quantitative estimate of drug-likeness (QED) is 0.750. The molecule has 1 aromatic rings. The lowest BCUT2D eigenvalue weighted by Crippen LogP contribution is -2.38. The maximum Gasteiger partial charge on any atom is 0.279 e. The maximum atomic E-state index is 12.0. The van der Waals surface area contributed by atoms with E-state index in [1.54, 1.807) is 12.1 Å². The summed E-state index contributed by atoms with van der Waals surface area (Å²) in [6.07, 6.45) is 0. The van der Waals surface area contributed by atoms with E-state index in [2.05, 4.69) is 9.62 Å². The minimum Gasteiger partial charge on any atom is -0.378 e. The van der Waals surface area contributed by atoms with Crippen molar-refractivity contribution in [3.8, 4) is 0 Å². The van der Waals surface area contributed by atoms with Crippen molar-refractivity contribution >= 4 is 21.7 Å². The normalized spacial score (nSPS) is 16.0. The lowest BCUT2D eigenvalue weighted by Gasteiger charge is -2.28. The molecule has 1 fully saturated rings. The smallest absolute Gasteiger partial charge is 0.279 e. The first-order chi connectivity index (χ1) is 10.4. The topological polar surface area (TPSA) is 79.0 Å². The average molecular weight is 327 g/mol. The van der Waals surface area contributed by atoms with Crippen LogP contribution in [0.15, 0.2) is 24.3 Å². The zero-order valence-electron chi connectivity index (χ0n) is 12.8. The van der Waals surface area contributed by atoms with E-state index in [0.29, 0.717) is 18.8 Å². The molecule has 0 atom stereocenters. The van der Waals surface area contributed by atoms with Crippen LogP contribution >= 0.6 is 0 Å². The van der Waals surface area contributed by atoms with Gasteiger partial charge in [-0.25, -0.2) is 0 Å². The van der Waals surface area contributed by atoms with Gasteiger partial charge in [-0.3, -0.25) is 4.79 Å². The molecule has 7 nitrogen and oxygen atoms in total. The molecule has 8 heteroatoms. The van der Waals surface area contributed by atoms with Crippen molar-refractivity contribution < 1.29 is 17.9 Å². The van der Waals surface area contributed by atoms with Gasteiger partial charge in [0, 0.05) is 38.4 Å². The highest BCUT2D eigenvalue weighted by Crippen LogP contribution is 2.16. The summed E-state index contributed by atoms with van der Waals surface area (Å²) in [7, 11) is -0.773. The van der Waals surface area contributed by atoms with Gasteiger partial charge >= 0.3 is 0 Å². The fourth-order valence-electron chi connectivity index (χ4n) is 2.07. The number of rotatable bonds is 6. The summed E-state index contributed by atoms with van der Waals surface area (Å²) in [5, 5.41) is 0. The molecule has 0 unspecified atom stereocenters. The van der Waals surface area contributed by atoms with Gasteiger partial charge in [-0.2, -0.15) is 17.4 Å². The summed E-state index contributed by atoms with van der Waals surface area (Å²) < 4.78 is 31.7. The molecule has 0 amide bonds. The molecule has 1 N–H and O–H groups in total. The summed E-state index contributed by atoms with van der Waals surface area (Å²) in [5.74, 6) is -0.265. The third-order valence-electron chi connectivity index (χ3n) is 3.46. The minimum absolute atomic E-state index is 0.253. The number of nitrogens with zero attached hydrogens (tertiary/aromatic N) is 2. The third kappa shape index (κ3) is 4.26. The van der Waals surface area contributed by atoms with E-state index in [1.807, 2.05) is 12.1 Å². The van der Waals surface area contributed by atoms with Crippen LogP contribution in [0.25, 0.3) is 0 Å². The first-order valence-electron chi connectivity index (χ1n) is 7.03. The molecule has 1 saturated heterocycles. The van der Waals surface area contributed by atoms with E-state index >= 15 is 0 Å². The second-order valence-corrected chi connectivity index (χ2v) is 7.15. The van der Waals surface area contributed by atoms with Crippen LogP contribution in [0, 0.1) is 0 Å². The number of nitrogens with one attached hydrogen (secondary N) is 1. The predicted molar refractivity (Wildman–Crippen MR) is 84.4 cm³/mol. The number of morpholine rings is 1. The van der Waals surface area contributed by atoms with E-state index in [-0.39, 0.29) is 12.3 Å². The highest BCUT2D eigenvalue weighted by Gasteiger charge is 2.16. The molecule has 0 bridgehead atoms. The van der Waals surface area contributed by atoms with E-state index < -0.39 is 10.2 Å². The van der Waals surface area contributed by atoms with Crippen LogP contribution in [0.2, 0.25) is 0 Å². The number of carbonyl (C=O) groups is 1. The largest absolute Gasteiger partial charge is 0.378 e. The Balaban J connectivity index is 1.96. The standard InChI is InChI=1S/C14H21N3O4S/c1-16(2)22(19,20)15-11-14(18)12-3-5-13(6-4-12)17-7-9-21-10-8-17/h3-6,15H,7-11H2,1-2H3. The predicted octanol–water partition coefficient (Wildman–Crippen LogP) is 0.102. The summed E-state index contributed by atoms with van der Waals surface area (Å²) >= 11 is 0. The monoisotopic (exact) mass is 327 g/mol. The van der Waals surface area contributed by atoms with Crippen molar-refractivity contribution in [1.82, 2.24) is 9.03 Å². The second-order valence-electron chi connectivity index (χ2n) is 5.18. The van der Waals surface area contributed by atoms with Gasteiger partial charge in [0.05, 0.1) is 19.8 Å².